The number of carbonyl (C=O) groups excluding carboxylic acids is 2. The van der Waals surface area contributed by atoms with Gasteiger partial charge in [0, 0.05) is 30.3 Å². The number of hydrogen-bond acceptors (Lipinski definition) is 5. The number of nitro groups is 1. The molecule has 0 saturated heterocycles. The molecule has 0 bridgehead atoms. The van der Waals surface area contributed by atoms with E-state index in [9.17, 15) is 19.7 Å². The van der Waals surface area contributed by atoms with E-state index in [1.807, 2.05) is 18.2 Å². The summed E-state index contributed by atoms with van der Waals surface area (Å²) in [4.78, 5) is 35.1. The number of benzene rings is 2. The van der Waals surface area contributed by atoms with E-state index in [2.05, 4.69) is 29.8 Å². The number of carbonyl (C=O) groups is 2. The highest BCUT2D eigenvalue weighted by Gasteiger charge is 2.32. The average molecular weight is 382 g/mol. The van der Waals surface area contributed by atoms with Gasteiger partial charge in [-0.2, -0.15) is 0 Å². The lowest BCUT2D eigenvalue weighted by Gasteiger charge is -2.14. The first kappa shape index (κ1) is 19.3. The van der Waals surface area contributed by atoms with Crippen molar-refractivity contribution >= 4 is 28.9 Å². The smallest absolute Gasteiger partial charge is 0.292 e. The zero-order chi connectivity index (χ0) is 20.3. The van der Waals surface area contributed by atoms with E-state index >= 15 is 0 Å². The van der Waals surface area contributed by atoms with Gasteiger partial charge >= 0.3 is 0 Å². The van der Waals surface area contributed by atoms with Crippen LogP contribution < -0.4 is 16.0 Å². The van der Waals surface area contributed by atoms with Gasteiger partial charge in [0.2, 0.25) is 5.91 Å². The molecule has 0 unspecified atom stereocenters. The zero-order valence-corrected chi connectivity index (χ0v) is 15.7. The van der Waals surface area contributed by atoms with Gasteiger partial charge in [-0.05, 0) is 23.6 Å². The van der Waals surface area contributed by atoms with E-state index in [1.165, 1.54) is 6.07 Å². The molecule has 0 saturated carbocycles. The zero-order valence-electron chi connectivity index (χ0n) is 15.7. The van der Waals surface area contributed by atoms with Gasteiger partial charge in [-0.25, -0.2) is 0 Å². The molecule has 146 valence electrons. The van der Waals surface area contributed by atoms with Crippen LogP contribution >= 0.6 is 0 Å². The number of para-hydroxylation sites is 2. The van der Waals surface area contributed by atoms with Crippen LogP contribution in [0.25, 0.3) is 0 Å². The lowest BCUT2D eigenvalue weighted by Crippen LogP contribution is -2.33. The van der Waals surface area contributed by atoms with Crippen LogP contribution in [-0.4, -0.2) is 23.3 Å². The summed E-state index contributed by atoms with van der Waals surface area (Å²) >= 11 is 0. The summed E-state index contributed by atoms with van der Waals surface area (Å²) in [5.74, 6) is -0.270. The summed E-state index contributed by atoms with van der Waals surface area (Å²) < 4.78 is 0. The Labute approximate surface area is 162 Å². The Morgan fingerprint density at radius 1 is 1.25 bits per heavy atom. The van der Waals surface area contributed by atoms with Gasteiger partial charge in [-0.3, -0.25) is 19.7 Å². The Bertz CT molecular complexity index is 926. The molecular weight excluding hydrogens is 360 g/mol. The molecule has 1 aliphatic rings. The van der Waals surface area contributed by atoms with Crippen LogP contribution in [0.1, 0.15) is 43.4 Å². The predicted octanol–water partition coefficient (Wildman–Crippen LogP) is 3.33. The van der Waals surface area contributed by atoms with Gasteiger partial charge < -0.3 is 16.0 Å². The first-order chi connectivity index (χ1) is 13.4. The SMILES string of the molecule is CC(C)c1ccc2c(c1)[C@H](NC(=O)CCNc1ccccc1[N+](=O)[O-])C(=O)N2. The summed E-state index contributed by atoms with van der Waals surface area (Å²) in [7, 11) is 0. The summed E-state index contributed by atoms with van der Waals surface area (Å²) in [5, 5.41) is 19.4. The molecule has 3 N–H and O–H groups in total. The summed E-state index contributed by atoms with van der Waals surface area (Å²) in [6, 6.07) is 11.3. The third-order valence-corrected chi connectivity index (χ3v) is 4.65. The first-order valence-corrected chi connectivity index (χ1v) is 9.08. The minimum Gasteiger partial charge on any atom is -0.379 e. The van der Waals surface area contributed by atoms with Crippen LogP contribution in [0.5, 0.6) is 0 Å². The second kappa shape index (κ2) is 8.08. The lowest BCUT2D eigenvalue weighted by atomic mass is 9.98. The fourth-order valence-electron chi connectivity index (χ4n) is 3.11. The van der Waals surface area contributed by atoms with Gasteiger partial charge in [-0.1, -0.05) is 38.1 Å². The fraction of sp³-hybridized carbons (Fsp3) is 0.300. The maximum absolute atomic E-state index is 12.3. The number of amides is 2. The lowest BCUT2D eigenvalue weighted by molar-refractivity contribution is -0.384. The van der Waals surface area contributed by atoms with Gasteiger partial charge in [0.05, 0.1) is 4.92 Å². The molecule has 0 aromatic heterocycles. The monoisotopic (exact) mass is 382 g/mol. The first-order valence-electron chi connectivity index (χ1n) is 9.08. The fourth-order valence-corrected chi connectivity index (χ4v) is 3.11. The Morgan fingerprint density at radius 3 is 2.71 bits per heavy atom. The molecule has 2 amide bonds. The van der Waals surface area contributed by atoms with E-state index < -0.39 is 11.0 Å². The molecular formula is C20H22N4O4. The van der Waals surface area contributed by atoms with E-state index in [0.717, 1.165) is 11.1 Å². The number of anilines is 2. The molecule has 8 heteroatoms. The molecule has 2 aromatic rings. The van der Waals surface area contributed by atoms with Gasteiger partial charge in [-0.15, -0.1) is 0 Å². The van der Waals surface area contributed by atoms with Crippen LogP contribution in [0.15, 0.2) is 42.5 Å². The molecule has 1 aliphatic heterocycles. The largest absolute Gasteiger partial charge is 0.379 e. The van der Waals surface area contributed by atoms with Crippen molar-refractivity contribution in [2.24, 2.45) is 0 Å². The highest BCUT2D eigenvalue weighted by Crippen LogP contribution is 2.33. The molecule has 0 radical (unpaired) electrons. The quantitative estimate of drug-likeness (QED) is 0.502. The summed E-state index contributed by atoms with van der Waals surface area (Å²) in [5.41, 5.74) is 2.86. The number of fused-ring (bicyclic) bond motifs is 1. The van der Waals surface area contributed by atoms with Crippen molar-refractivity contribution in [3.05, 3.63) is 63.7 Å². The van der Waals surface area contributed by atoms with Crippen LogP contribution in [-0.2, 0) is 9.59 Å². The van der Waals surface area contributed by atoms with Crippen LogP contribution in [0.3, 0.4) is 0 Å². The normalized spacial score (nSPS) is 15.1. The van der Waals surface area contributed by atoms with E-state index in [-0.39, 0.29) is 30.5 Å². The highest BCUT2D eigenvalue weighted by atomic mass is 16.6. The summed E-state index contributed by atoms with van der Waals surface area (Å²) in [6.07, 6.45) is 0.0784. The molecule has 28 heavy (non-hydrogen) atoms. The standard InChI is InChI=1S/C20H22N4O4/c1-12(2)13-7-8-15-14(11-13)19(20(26)22-15)23-18(25)9-10-21-16-5-3-4-6-17(16)24(27)28/h3-8,11-12,19,21H,9-10H2,1-2H3,(H,22,26)(H,23,25)/t19-/m0/s1. The van der Waals surface area contributed by atoms with Crippen molar-refractivity contribution in [3.8, 4) is 0 Å². The molecule has 2 aromatic carbocycles. The van der Waals surface area contributed by atoms with Gasteiger partial charge in [0.25, 0.3) is 11.6 Å². The number of nitrogens with one attached hydrogen (secondary N) is 3. The van der Waals surface area contributed by atoms with E-state index in [1.54, 1.807) is 18.2 Å². The van der Waals surface area contributed by atoms with Crippen LogP contribution in [0.2, 0.25) is 0 Å². The minimum absolute atomic E-state index is 0.0479. The second-order valence-electron chi connectivity index (χ2n) is 6.94. The average Bonchev–Trinajstić information content (AvgIpc) is 2.96. The number of nitro benzene ring substituents is 1. The molecule has 3 rings (SSSR count). The minimum atomic E-state index is -0.729. The van der Waals surface area contributed by atoms with Crippen molar-refractivity contribution in [1.29, 1.82) is 0 Å². The van der Waals surface area contributed by atoms with Gasteiger partial charge in [0.1, 0.15) is 11.7 Å². The molecule has 1 atom stereocenters. The maximum atomic E-state index is 12.3. The number of nitrogens with zero attached hydrogens (tertiary/aromatic N) is 1. The van der Waals surface area contributed by atoms with E-state index in [4.69, 9.17) is 0 Å². The Hall–Kier alpha value is -3.42. The third-order valence-electron chi connectivity index (χ3n) is 4.65. The van der Waals surface area contributed by atoms with Crippen molar-refractivity contribution in [3.63, 3.8) is 0 Å². The Kier molecular flexibility index (Phi) is 5.58. The molecule has 1 heterocycles. The third kappa shape index (κ3) is 4.11. The van der Waals surface area contributed by atoms with Crippen molar-refractivity contribution in [1.82, 2.24) is 5.32 Å². The highest BCUT2D eigenvalue weighted by molar-refractivity contribution is 6.04. The predicted molar refractivity (Wildman–Crippen MR) is 106 cm³/mol. The number of hydrogen-bond donors (Lipinski definition) is 3. The summed E-state index contributed by atoms with van der Waals surface area (Å²) in [6.45, 7) is 4.34. The second-order valence-corrected chi connectivity index (χ2v) is 6.94. The topological polar surface area (TPSA) is 113 Å². The molecule has 0 aliphatic carbocycles. The van der Waals surface area contributed by atoms with Crippen molar-refractivity contribution in [2.45, 2.75) is 32.2 Å². The van der Waals surface area contributed by atoms with Crippen molar-refractivity contribution in [2.75, 3.05) is 17.2 Å². The molecule has 8 nitrogen and oxygen atoms in total. The molecule has 0 spiro atoms. The molecule has 0 fully saturated rings. The van der Waals surface area contributed by atoms with Crippen LogP contribution in [0.4, 0.5) is 17.1 Å². The Morgan fingerprint density at radius 2 is 2.00 bits per heavy atom. The van der Waals surface area contributed by atoms with E-state index in [0.29, 0.717) is 17.3 Å². The van der Waals surface area contributed by atoms with Crippen LogP contribution in [0, 0.1) is 10.1 Å². The Balaban J connectivity index is 1.61. The van der Waals surface area contributed by atoms with Crippen molar-refractivity contribution < 1.29 is 14.5 Å². The van der Waals surface area contributed by atoms with Gasteiger partial charge in [0.15, 0.2) is 0 Å². The number of rotatable bonds is 7. The maximum Gasteiger partial charge on any atom is 0.292 e.